The number of guanidine groups is 1. The van der Waals surface area contributed by atoms with Gasteiger partial charge in [0.2, 0.25) is 18.7 Å². The third-order valence-electron chi connectivity index (χ3n) is 6.36. The lowest BCUT2D eigenvalue weighted by atomic mass is 9.91. The Morgan fingerprint density at radius 2 is 1.86 bits per heavy atom. The lowest BCUT2D eigenvalue weighted by Crippen LogP contribution is -2.57. The SMILES string of the molecule is CCOC(=O)C1C(=O)NC(N2CCN(Cc3ccc4c(c3)OCO4)CC2)=NC1c1ccc(F)cc1. The van der Waals surface area contributed by atoms with Crippen molar-refractivity contribution in [1.29, 1.82) is 0 Å². The van der Waals surface area contributed by atoms with Gasteiger partial charge < -0.3 is 19.1 Å². The number of amides is 1. The quantitative estimate of drug-likeness (QED) is 0.515. The van der Waals surface area contributed by atoms with Crippen molar-refractivity contribution in [2.45, 2.75) is 19.5 Å². The fourth-order valence-electron chi connectivity index (χ4n) is 4.54. The third kappa shape index (κ3) is 4.93. The minimum Gasteiger partial charge on any atom is -0.465 e. The summed E-state index contributed by atoms with van der Waals surface area (Å²) in [6.45, 7) is 5.71. The average Bonchev–Trinajstić information content (AvgIpc) is 3.32. The maximum absolute atomic E-state index is 13.5. The van der Waals surface area contributed by atoms with Crippen LogP contribution in [0.2, 0.25) is 0 Å². The van der Waals surface area contributed by atoms with Crippen molar-refractivity contribution in [3.63, 3.8) is 0 Å². The van der Waals surface area contributed by atoms with Crippen LogP contribution in [0.5, 0.6) is 11.5 Å². The van der Waals surface area contributed by atoms with Crippen molar-refractivity contribution in [1.82, 2.24) is 15.1 Å². The molecule has 0 saturated carbocycles. The van der Waals surface area contributed by atoms with Crippen LogP contribution in [0.3, 0.4) is 0 Å². The lowest BCUT2D eigenvalue weighted by Gasteiger charge is -2.39. The number of carbonyl (C=O) groups excluding carboxylic acids is 2. The Kier molecular flexibility index (Phi) is 6.54. The van der Waals surface area contributed by atoms with Crippen LogP contribution in [0.25, 0.3) is 0 Å². The number of halogens is 1. The first-order valence-corrected chi connectivity index (χ1v) is 11.7. The van der Waals surface area contributed by atoms with E-state index in [9.17, 15) is 14.0 Å². The Hall–Kier alpha value is -3.66. The zero-order valence-corrected chi connectivity index (χ0v) is 19.4. The molecule has 0 radical (unpaired) electrons. The highest BCUT2D eigenvalue weighted by Crippen LogP contribution is 2.33. The first-order valence-electron chi connectivity index (χ1n) is 11.7. The Morgan fingerprint density at radius 1 is 1.11 bits per heavy atom. The number of rotatable bonds is 5. The van der Waals surface area contributed by atoms with Crippen LogP contribution in [0.15, 0.2) is 47.5 Å². The summed E-state index contributed by atoms with van der Waals surface area (Å²) in [5.41, 5.74) is 1.72. The summed E-state index contributed by atoms with van der Waals surface area (Å²) in [5.74, 6) is -0.681. The van der Waals surface area contributed by atoms with E-state index in [1.165, 1.54) is 12.1 Å². The van der Waals surface area contributed by atoms with Gasteiger partial charge in [0.1, 0.15) is 11.9 Å². The Balaban J connectivity index is 1.29. The Bertz CT molecular complexity index is 1130. The highest BCUT2D eigenvalue weighted by atomic mass is 19.1. The molecule has 3 heterocycles. The first kappa shape index (κ1) is 23.1. The monoisotopic (exact) mass is 482 g/mol. The molecule has 1 N–H and O–H groups in total. The van der Waals surface area contributed by atoms with Gasteiger partial charge in [-0.05, 0) is 42.3 Å². The van der Waals surface area contributed by atoms with Gasteiger partial charge >= 0.3 is 5.97 Å². The number of piperazine rings is 1. The van der Waals surface area contributed by atoms with Gasteiger partial charge in [-0.1, -0.05) is 18.2 Å². The molecule has 5 rings (SSSR count). The van der Waals surface area contributed by atoms with Gasteiger partial charge in [-0.2, -0.15) is 0 Å². The predicted octanol–water partition coefficient (Wildman–Crippen LogP) is 2.08. The van der Waals surface area contributed by atoms with Crippen LogP contribution in [-0.2, 0) is 20.9 Å². The number of carbonyl (C=O) groups is 2. The van der Waals surface area contributed by atoms with E-state index in [0.717, 1.165) is 36.7 Å². The number of hydrogen-bond acceptors (Lipinski definition) is 8. The van der Waals surface area contributed by atoms with Crippen LogP contribution >= 0.6 is 0 Å². The number of nitrogens with zero attached hydrogens (tertiary/aromatic N) is 3. The second kappa shape index (κ2) is 9.91. The molecule has 3 aliphatic heterocycles. The normalized spacial score (nSPS) is 21.9. The molecule has 2 aromatic rings. The minimum atomic E-state index is -1.13. The van der Waals surface area contributed by atoms with Crippen LogP contribution in [-0.4, -0.2) is 67.2 Å². The van der Waals surface area contributed by atoms with E-state index in [-0.39, 0.29) is 13.4 Å². The van der Waals surface area contributed by atoms with E-state index in [0.29, 0.717) is 24.6 Å². The molecule has 0 spiro atoms. The molecule has 1 saturated heterocycles. The number of ether oxygens (including phenoxy) is 3. The average molecular weight is 483 g/mol. The van der Waals surface area contributed by atoms with E-state index in [4.69, 9.17) is 19.2 Å². The molecule has 2 aromatic carbocycles. The first-order chi connectivity index (χ1) is 17.0. The summed E-state index contributed by atoms with van der Waals surface area (Å²) in [6.07, 6.45) is 0. The van der Waals surface area contributed by atoms with Crippen molar-refractivity contribution in [2.24, 2.45) is 10.9 Å². The number of fused-ring (bicyclic) bond motifs is 1. The summed E-state index contributed by atoms with van der Waals surface area (Å²) in [5, 5.41) is 2.79. The van der Waals surface area contributed by atoms with Gasteiger partial charge in [-0.25, -0.2) is 9.38 Å². The molecule has 3 aliphatic rings. The molecule has 2 atom stereocenters. The van der Waals surface area contributed by atoms with E-state index < -0.39 is 29.7 Å². The second-order valence-corrected chi connectivity index (χ2v) is 8.62. The highest BCUT2D eigenvalue weighted by molar-refractivity contribution is 6.08. The molecule has 35 heavy (non-hydrogen) atoms. The van der Waals surface area contributed by atoms with Gasteiger partial charge in [-0.15, -0.1) is 0 Å². The summed E-state index contributed by atoms with van der Waals surface area (Å²) < 4.78 is 29.5. The van der Waals surface area contributed by atoms with Crippen molar-refractivity contribution in [3.05, 3.63) is 59.4 Å². The topological polar surface area (TPSA) is 92.7 Å². The minimum absolute atomic E-state index is 0.153. The van der Waals surface area contributed by atoms with Crippen LogP contribution in [0.4, 0.5) is 4.39 Å². The predicted molar refractivity (Wildman–Crippen MR) is 124 cm³/mol. The zero-order chi connectivity index (χ0) is 24.4. The molecule has 0 aliphatic carbocycles. The maximum atomic E-state index is 13.5. The fraction of sp³-hybridized carbons (Fsp3) is 0.400. The molecular weight excluding hydrogens is 455 g/mol. The smallest absolute Gasteiger partial charge is 0.321 e. The molecule has 1 amide bonds. The van der Waals surface area contributed by atoms with E-state index >= 15 is 0 Å². The number of benzene rings is 2. The molecular formula is C25H27FN4O5. The molecule has 10 heteroatoms. The van der Waals surface area contributed by atoms with Gasteiger partial charge in [0.25, 0.3) is 0 Å². The number of aliphatic imine (C=N–C) groups is 1. The Labute approximate surface area is 202 Å². The molecule has 184 valence electrons. The molecule has 0 aromatic heterocycles. The summed E-state index contributed by atoms with van der Waals surface area (Å²) in [6, 6.07) is 10.9. The van der Waals surface area contributed by atoms with E-state index in [2.05, 4.69) is 10.2 Å². The summed E-state index contributed by atoms with van der Waals surface area (Å²) >= 11 is 0. The summed E-state index contributed by atoms with van der Waals surface area (Å²) in [7, 11) is 0. The van der Waals surface area contributed by atoms with Crippen LogP contribution < -0.4 is 14.8 Å². The molecule has 0 bridgehead atoms. The maximum Gasteiger partial charge on any atom is 0.321 e. The van der Waals surface area contributed by atoms with Crippen LogP contribution in [0, 0.1) is 11.7 Å². The van der Waals surface area contributed by atoms with Crippen molar-refractivity contribution in [2.75, 3.05) is 39.6 Å². The highest BCUT2D eigenvalue weighted by Gasteiger charge is 2.42. The van der Waals surface area contributed by atoms with Crippen molar-refractivity contribution >= 4 is 17.8 Å². The molecule has 1 fully saturated rings. The lowest BCUT2D eigenvalue weighted by molar-refractivity contribution is -0.153. The largest absolute Gasteiger partial charge is 0.465 e. The van der Waals surface area contributed by atoms with Gasteiger partial charge in [0, 0.05) is 32.7 Å². The Morgan fingerprint density at radius 3 is 2.60 bits per heavy atom. The molecule has 2 unspecified atom stereocenters. The van der Waals surface area contributed by atoms with Crippen molar-refractivity contribution in [3.8, 4) is 11.5 Å². The van der Waals surface area contributed by atoms with Crippen LogP contribution in [0.1, 0.15) is 24.1 Å². The van der Waals surface area contributed by atoms with Gasteiger partial charge in [0.05, 0.1) is 6.61 Å². The van der Waals surface area contributed by atoms with Gasteiger partial charge in [0.15, 0.2) is 17.4 Å². The number of esters is 1. The van der Waals surface area contributed by atoms with Crippen molar-refractivity contribution < 1.29 is 28.2 Å². The fourth-order valence-corrected chi connectivity index (χ4v) is 4.54. The summed E-state index contributed by atoms with van der Waals surface area (Å²) in [4.78, 5) is 34.6. The third-order valence-corrected chi connectivity index (χ3v) is 6.36. The zero-order valence-electron chi connectivity index (χ0n) is 19.4. The standard InChI is InChI=1S/C25H27FN4O5/c1-2-33-24(32)21-22(17-4-6-18(26)7-5-17)27-25(28-23(21)31)30-11-9-29(10-12-30)14-16-3-8-19-20(13-16)35-15-34-19/h3-8,13,21-22H,2,9-12,14-15H2,1H3,(H,27,28,31). The molecule has 9 nitrogen and oxygen atoms in total. The van der Waals surface area contributed by atoms with Gasteiger partial charge in [-0.3, -0.25) is 19.8 Å². The number of hydrogen-bond donors (Lipinski definition) is 1. The number of nitrogens with one attached hydrogen (secondary N) is 1. The second-order valence-electron chi connectivity index (χ2n) is 8.62. The van der Waals surface area contributed by atoms with E-state index in [1.807, 2.05) is 23.1 Å². The van der Waals surface area contributed by atoms with E-state index in [1.54, 1.807) is 19.1 Å².